The lowest BCUT2D eigenvalue weighted by atomic mass is 10.1. The lowest BCUT2D eigenvalue weighted by Crippen LogP contribution is -2.34. The molecular formula is C18H18ClFN2O2. The SMILES string of the molecule is O=C(CCc1ccc(Cl)cc1)NCCNC(=O)c1cccc(F)c1. The van der Waals surface area contributed by atoms with Crippen molar-refractivity contribution in [2.75, 3.05) is 13.1 Å². The Hall–Kier alpha value is -2.40. The molecule has 2 aromatic carbocycles. The Morgan fingerprint density at radius 1 is 1.00 bits per heavy atom. The molecule has 2 rings (SSSR count). The summed E-state index contributed by atoms with van der Waals surface area (Å²) in [6.45, 7) is 0.600. The lowest BCUT2D eigenvalue weighted by molar-refractivity contribution is -0.121. The van der Waals surface area contributed by atoms with E-state index in [2.05, 4.69) is 10.6 Å². The second-order valence-electron chi connectivity index (χ2n) is 5.24. The maximum Gasteiger partial charge on any atom is 0.251 e. The van der Waals surface area contributed by atoms with Crippen LogP contribution in [0.1, 0.15) is 22.3 Å². The van der Waals surface area contributed by atoms with E-state index in [0.717, 1.165) is 5.56 Å². The molecule has 0 radical (unpaired) electrons. The monoisotopic (exact) mass is 348 g/mol. The van der Waals surface area contributed by atoms with Gasteiger partial charge in [-0.1, -0.05) is 29.8 Å². The number of carbonyl (C=O) groups is 2. The van der Waals surface area contributed by atoms with Crippen molar-refractivity contribution in [1.29, 1.82) is 0 Å². The minimum Gasteiger partial charge on any atom is -0.354 e. The van der Waals surface area contributed by atoms with Gasteiger partial charge >= 0.3 is 0 Å². The van der Waals surface area contributed by atoms with Crippen LogP contribution in [-0.4, -0.2) is 24.9 Å². The highest BCUT2D eigenvalue weighted by atomic mass is 35.5. The molecule has 0 aromatic heterocycles. The molecule has 0 saturated heterocycles. The van der Waals surface area contributed by atoms with E-state index < -0.39 is 5.82 Å². The van der Waals surface area contributed by atoms with E-state index in [1.165, 1.54) is 24.3 Å². The molecule has 6 heteroatoms. The molecule has 0 fully saturated rings. The maximum absolute atomic E-state index is 13.0. The highest BCUT2D eigenvalue weighted by molar-refractivity contribution is 6.30. The fourth-order valence-electron chi connectivity index (χ4n) is 2.11. The van der Waals surface area contributed by atoms with E-state index in [1.807, 2.05) is 12.1 Å². The Kier molecular flexibility index (Phi) is 6.75. The van der Waals surface area contributed by atoms with Crippen LogP contribution < -0.4 is 10.6 Å². The largest absolute Gasteiger partial charge is 0.354 e. The number of benzene rings is 2. The molecular weight excluding hydrogens is 331 g/mol. The molecule has 24 heavy (non-hydrogen) atoms. The number of amides is 2. The molecule has 2 N–H and O–H groups in total. The van der Waals surface area contributed by atoms with Crippen molar-refractivity contribution in [3.8, 4) is 0 Å². The highest BCUT2D eigenvalue weighted by Crippen LogP contribution is 2.10. The topological polar surface area (TPSA) is 58.2 Å². The fraction of sp³-hybridized carbons (Fsp3) is 0.222. The molecule has 126 valence electrons. The van der Waals surface area contributed by atoms with Gasteiger partial charge in [-0.2, -0.15) is 0 Å². The number of halogens is 2. The zero-order valence-electron chi connectivity index (χ0n) is 13.0. The van der Waals surface area contributed by atoms with Gasteiger partial charge in [-0.3, -0.25) is 9.59 Å². The summed E-state index contributed by atoms with van der Waals surface area (Å²) in [5, 5.41) is 6.02. The minimum atomic E-state index is -0.460. The summed E-state index contributed by atoms with van der Waals surface area (Å²) in [6, 6.07) is 12.8. The van der Waals surface area contributed by atoms with Crippen molar-refractivity contribution in [2.24, 2.45) is 0 Å². The third-order valence-corrected chi connectivity index (χ3v) is 3.63. The molecule has 0 bridgehead atoms. The maximum atomic E-state index is 13.0. The van der Waals surface area contributed by atoms with Crippen LogP contribution in [0.5, 0.6) is 0 Å². The smallest absolute Gasteiger partial charge is 0.251 e. The molecule has 0 spiro atoms. The number of hydrogen-bond acceptors (Lipinski definition) is 2. The second kappa shape index (κ2) is 9.03. The van der Waals surface area contributed by atoms with Gasteiger partial charge in [-0.15, -0.1) is 0 Å². The second-order valence-corrected chi connectivity index (χ2v) is 5.68. The molecule has 2 amide bonds. The van der Waals surface area contributed by atoms with E-state index >= 15 is 0 Å². The summed E-state index contributed by atoms with van der Waals surface area (Å²) in [4.78, 5) is 23.5. The first-order chi connectivity index (χ1) is 11.5. The molecule has 0 aliphatic heterocycles. The number of carbonyl (C=O) groups excluding carboxylic acids is 2. The summed E-state index contributed by atoms with van der Waals surface area (Å²) >= 11 is 5.80. The van der Waals surface area contributed by atoms with Gasteiger partial charge in [0.25, 0.3) is 5.91 Å². The predicted molar refractivity (Wildman–Crippen MR) is 91.5 cm³/mol. The van der Waals surface area contributed by atoms with Crippen LogP contribution in [0.2, 0.25) is 5.02 Å². The minimum absolute atomic E-state index is 0.0926. The summed E-state index contributed by atoms with van der Waals surface area (Å²) in [6.07, 6.45) is 0.984. The average Bonchev–Trinajstić information content (AvgIpc) is 2.58. The van der Waals surface area contributed by atoms with Crippen LogP contribution in [0.4, 0.5) is 4.39 Å². The van der Waals surface area contributed by atoms with Gasteiger partial charge in [0.05, 0.1) is 0 Å². The van der Waals surface area contributed by atoms with Crippen LogP contribution in [0.3, 0.4) is 0 Å². The zero-order chi connectivity index (χ0) is 17.4. The van der Waals surface area contributed by atoms with E-state index in [-0.39, 0.29) is 23.9 Å². The molecule has 0 atom stereocenters. The molecule has 0 heterocycles. The normalized spacial score (nSPS) is 10.2. The van der Waals surface area contributed by atoms with Gasteiger partial charge in [0.1, 0.15) is 5.82 Å². The van der Waals surface area contributed by atoms with Crippen molar-refractivity contribution in [2.45, 2.75) is 12.8 Å². The van der Waals surface area contributed by atoms with Gasteiger partial charge in [0.2, 0.25) is 5.91 Å². The Balaban J connectivity index is 1.64. The Morgan fingerprint density at radius 3 is 2.42 bits per heavy atom. The third-order valence-electron chi connectivity index (χ3n) is 3.37. The Bertz CT molecular complexity index is 704. The van der Waals surface area contributed by atoms with Gasteiger partial charge in [0, 0.05) is 30.1 Å². The first-order valence-corrected chi connectivity index (χ1v) is 7.97. The van der Waals surface area contributed by atoms with Crippen LogP contribution in [0, 0.1) is 5.82 Å². The van der Waals surface area contributed by atoms with E-state index in [1.54, 1.807) is 12.1 Å². The first kappa shape index (κ1) is 17.9. The number of hydrogen-bond donors (Lipinski definition) is 2. The van der Waals surface area contributed by atoms with Crippen LogP contribution in [0.15, 0.2) is 48.5 Å². The summed E-state index contributed by atoms with van der Waals surface area (Å²) in [7, 11) is 0. The summed E-state index contributed by atoms with van der Waals surface area (Å²) in [5.74, 6) is -0.923. The number of nitrogens with one attached hydrogen (secondary N) is 2. The third kappa shape index (κ3) is 6.01. The Morgan fingerprint density at radius 2 is 1.71 bits per heavy atom. The van der Waals surface area contributed by atoms with Crippen molar-refractivity contribution in [1.82, 2.24) is 10.6 Å². The fourth-order valence-corrected chi connectivity index (χ4v) is 2.23. The van der Waals surface area contributed by atoms with Crippen molar-refractivity contribution in [3.63, 3.8) is 0 Å². The Labute approximate surface area is 145 Å². The zero-order valence-corrected chi connectivity index (χ0v) is 13.8. The quantitative estimate of drug-likeness (QED) is 0.756. The molecule has 0 aliphatic carbocycles. The first-order valence-electron chi connectivity index (χ1n) is 7.59. The number of aryl methyl sites for hydroxylation is 1. The predicted octanol–water partition coefficient (Wildman–Crippen LogP) is 2.96. The molecule has 0 saturated carbocycles. The lowest BCUT2D eigenvalue weighted by Gasteiger charge is -2.07. The molecule has 4 nitrogen and oxygen atoms in total. The standard InChI is InChI=1S/C18H18ClFN2O2/c19-15-7-4-13(5-8-15)6-9-17(23)21-10-11-22-18(24)14-2-1-3-16(20)12-14/h1-5,7-8,12H,6,9-11H2,(H,21,23)(H,22,24). The van der Waals surface area contributed by atoms with E-state index in [0.29, 0.717) is 24.4 Å². The van der Waals surface area contributed by atoms with Crippen LogP contribution >= 0.6 is 11.6 Å². The summed E-state index contributed by atoms with van der Waals surface area (Å²) < 4.78 is 13.0. The molecule has 2 aromatic rings. The average molecular weight is 349 g/mol. The molecule has 0 unspecified atom stereocenters. The summed E-state index contributed by atoms with van der Waals surface area (Å²) in [5.41, 5.74) is 1.29. The van der Waals surface area contributed by atoms with Gasteiger partial charge < -0.3 is 10.6 Å². The molecule has 0 aliphatic rings. The van der Waals surface area contributed by atoms with Crippen molar-refractivity contribution < 1.29 is 14.0 Å². The van der Waals surface area contributed by atoms with Gasteiger partial charge in [-0.25, -0.2) is 4.39 Å². The van der Waals surface area contributed by atoms with Crippen LogP contribution in [-0.2, 0) is 11.2 Å². The highest BCUT2D eigenvalue weighted by Gasteiger charge is 2.06. The van der Waals surface area contributed by atoms with E-state index in [9.17, 15) is 14.0 Å². The van der Waals surface area contributed by atoms with Crippen LogP contribution in [0.25, 0.3) is 0 Å². The van der Waals surface area contributed by atoms with Gasteiger partial charge in [-0.05, 0) is 42.3 Å². The van der Waals surface area contributed by atoms with Crippen molar-refractivity contribution >= 4 is 23.4 Å². The number of rotatable bonds is 7. The van der Waals surface area contributed by atoms with Crippen molar-refractivity contribution in [3.05, 3.63) is 70.5 Å². The van der Waals surface area contributed by atoms with Gasteiger partial charge in [0.15, 0.2) is 0 Å². The van der Waals surface area contributed by atoms with E-state index in [4.69, 9.17) is 11.6 Å².